The summed E-state index contributed by atoms with van der Waals surface area (Å²) in [7, 11) is -2.08. The molecule has 1 radical (unpaired) electrons. The van der Waals surface area contributed by atoms with Crippen LogP contribution in [0, 0.1) is 0 Å². The van der Waals surface area contributed by atoms with Crippen LogP contribution in [0.1, 0.15) is 0 Å². The molecular formula is C7H9KNO3S. The fourth-order valence-corrected chi connectivity index (χ4v) is 1.28. The molecule has 0 saturated heterocycles. The number of nitrogens with two attached hydrogens (primary N) is 1. The van der Waals surface area contributed by atoms with Crippen LogP contribution in [0.15, 0.2) is 29.2 Å². The molecule has 0 atom stereocenters. The first-order valence-electron chi connectivity index (χ1n) is 3.21. The van der Waals surface area contributed by atoms with E-state index in [9.17, 15) is 8.42 Å². The van der Waals surface area contributed by atoms with Crippen molar-refractivity contribution in [3.05, 3.63) is 24.3 Å². The van der Waals surface area contributed by atoms with E-state index in [1.54, 1.807) is 12.1 Å². The molecule has 0 unspecified atom stereocenters. The summed E-state index contributed by atoms with van der Waals surface area (Å²) < 4.78 is 26.4. The van der Waals surface area contributed by atoms with E-state index < -0.39 is 10.0 Å². The Balaban J connectivity index is 0.00000144. The minimum Gasteiger partial charge on any atom is -0.497 e. The Morgan fingerprint density at radius 3 is 2.00 bits per heavy atom. The number of benzene rings is 1. The van der Waals surface area contributed by atoms with Gasteiger partial charge in [0.15, 0.2) is 0 Å². The standard InChI is InChI=1S/C7H9NO3S.K/c1-11-6-2-4-7(5-3-6)12(8,9)10;/h2-5H,1H3,(H2,8,9,10);. The van der Waals surface area contributed by atoms with Crippen LogP contribution in [0.2, 0.25) is 0 Å². The second-order valence-corrected chi connectivity index (χ2v) is 3.78. The monoisotopic (exact) mass is 226 g/mol. The van der Waals surface area contributed by atoms with Gasteiger partial charge in [-0.15, -0.1) is 0 Å². The quantitative estimate of drug-likeness (QED) is 0.719. The number of methoxy groups -OCH3 is 1. The van der Waals surface area contributed by atoms with E-state index in [-0.39, 0.29) is 56.3 Å². The third-order valence-electron chi connectivity index (χ3n) is 1.39. The molecule has 4 nitrogen and oxygen atoms in total. The van der Waals surface area contributed by atoms with Gasteiger partial charge in [0.2, 0.25) is 10.0 Å². The fourth-order valence-electron chi connectivity index (χ4n) is 0.765. The Bertz CT molecular complexity index is 360. The molecule has 1 rings (SSSR count). The Hall–Kier alpha value is 0.566. The van der Waals surface area contributed by atoms with Crippen molar-refractivity contribution in [2.45, 2.75) is 4.90 Å². The van der Waals surface area contributed by atoms with Gasteiger partial charge >= 0.3 is 0 Å². The van der Waals surface area contributed by atoms with Crippen LogP contribution >= 0.6 is 0 Å². The zero-order valence-electron chi connectivity index (χ0n) is 7.52. The van der Waals surface area contributed by atoms with Crippen LogP contribution < -0.4 is 9.88 Å². The van der Waals surface area contributed by atoms with E-state index in [0.29, 0.717) is 5.75 Å². The second kappa shape index (κ2) is 5.45. The van der Waals surface area contributed by atoms with Crippen molar-refractivity contribution in [1.29, 1.82) is 0 Å². The molecule has 0 fully saturated rings. The van der Waals surface area contributed by atoms with Crippen molar-refractivity contribution in [1.82, 2.24) is 0 Å². The number of hydrogen-bond donors (Lipinski definition) is 1. The molecule has 0 aromatic heterocycles. The van der Waals surface area contributed by atoms with E-state index in [2.05, 4.69) is 0 Å². The molecule has 1 aromatic rings. The largest absolute Gasteiger partial charge is 0.497 e. The summed E-state index contributed by atoms with van der Waals surface area (Å²) in [4.78, 5) is 0.0864. The molecule has 0 amide bonds. The molecule has 1 aromatic carbocycles. The van der Waals surface area contributed by atoms with Crippen LogP contribution in [0.4, 0.5) is 0 Å². The summed E-state index contributed by atoms with van der Waals surface area (Å²) in [6.07, 6.45) is 0. The summed E-state index contributed by atoms with van der Waals surface area (Å²) in [6.45, 7) is 0. The number of sulfonamides is 1. The number of hydrogen-bond acceptors (Lipinski definition) is 3. The summed E-state index contributed by atoms with van der Waals surface area (Å²) in [6, 6.07) is 5.88. The van der Waals surface area contributed by atoms with Crippen molar-refractivity contribution in [2.24, 2.45) is 5.14 Å². The SMILES string of the molecule is COc1ccc(S(N)(=O)=O)cc1.[K]. The van der Waals surface area contributed by atoms with Gasteiger partial charge < -0.3 is 4.74 Å². The van der Waals surface area contributed by atoms with Crippen molar-refractivity contribution in [2.75, 3.05) is 7.11 Å². The molecule has 0 aliphatic heterocycles. The molecule has 2 N–H and O–H groups in total. The number of primary sulfonamides is 1. The molecular weight excluding hydrogens is 217 g/mol. The Morgan fingerprint density at radius 1 is 1.23 bits per heavy atom. The van der Waals surface area contributed by atoms with Crippen molar-refractivity contribution in [3.63, 3.8) is 0 Å². The molecule has 0 spiro atoms. The maximum atomic E-state index is 10.8. The average molecular weight is 226 g/mol. The zero-order valence-corrected chi connectivity index (χ0v) is 11.5. The Labute approximate surface area is 120 Å². The van der Waals surface area contributed by atoms with Gasteiger partial charge in [-0.25, -0.2) is 13.6 Å². The minimum atomic E-state index is -3.58. The van der Waals surface area contributed by atoms with Crippen LogP contribution in [0.25, 0.3) is 0 Å². The molecule has 0 saturated carbocycles. The summed E-state index contributed by atoms with van der Waals surface area (Å²) in [5.41, 5.74) is 0. The first-order chi connectivity index (χ1) is 5.54. The minimum absolute atomic E-state index is 0. The first kappa shape index (κ1) is 13.6. The van der Waals surface area contributed by atoms with E-state index in [4.69, 9.17) is 9.88 Å². The molecule has 6 heteroatoms. The number of ether oxygens (including phenoxy) is 1. The maximum Gasteiger partial charge on any atom is 0.238 e. The third kappa shape index (κ3) is 4.07. The Morgan fingerprint density at radius 2 is 1.69 bits per heavy atom. The van der Waals surface area contributed by atoms with Gasteiger partial charge in [-0.1, -0.05) is 0 Å². The van der Waals surface area contributed by atoms with Crippen molar-refractivity contribution in [3.8, 4) is 5.75 Å². The second-order valence-electron chi connectivity index (χ2n) is 2.22. The molecule has 0 aliphatic rings. The van der Waals surface area contributed by atoms with Gasteiger partial charge in [0.05, 0.1) is 12.0 Å². The molecule has 67 valence electrons. The fraction of sp³-hybridized carbons (Fsp3) is 0.143. The van der Waals surface area contributed by atoms with Crippen LogP contribution in [0.5, 0.6) is 5.75 Å². The topological polar surface area (TPSA) is 69.4 Å². The normalized spacial score (nSPS) is 10.3. The molecule has 0 aliphatic carbocycles. The van der Waals surface area contributed by atoms with E-state index in [1.165, 1.54) is 19.2 Å². The third-order valence-corrected chi connectivity index (χ3v) is 2.32. The van der Waals surface area contributed by atoms with Crippen LogP contribution in [0.3, 0.4) is 0 Å². The van der Waals surface area contributed by atoms with E-state index in [0.717, 1.165) is 0 Å². The predicted octanol–water partition coefficient (Wildman–Crippen LogP) is -0.0382. The van der Waals surface area contributed by atoms with Crippen molar-refractivity contribution < 1.29 is 13.2 Å². The van der Waals surface area contributed by atoms with Crippen molar-refractivity contribution >= 4 is 61.4 Å². The van der Waals surface area contributed by atoms with Crippen LogP contribution in [-0.2, 0) is 10.0 Å². The van der Waals surface area contributed by atoms with Gasteiger partial charge in [0, 0.05) is 51.4 Å². The van der Waals surface area contributed by atoms with Crippen LogP contribution in [-0.4, -0.2) is 66.9 Å². The van der Waals surface area contributed by atoms with E-state index >= 15 is 0 Å². The number of rotatable bonds is 2. The molecule has 0 bridgehead atoms. The molecule has 13 heavy (non-hydrogen) atoms. The van der Waals surface area contributed by atoms with Gasteiger partial charge in [-0.2, -0.15) is 0 Å². The Kier molecular flexibility index (Phi) is 5.69. The molecule has 0 heterocycles. The summed E-state index contributed by atoms with van der Waals surface area (Å²) >= 11 is 0. The van der Waals surface area contributed by atoms with Gasteiger partial charge in [-0.05, 0) is 24.3 Å². The average Bonchev–Trinajstić information content (AvgIpc) is 2.03. The summed E-state index contributed by atoms with van der Waals surface area (Å²) in [5, 5.41) is 4.88. The summed E-state index contributed by atoms with van der Waals surface area (Å²) in [5.74, 6) is 0.599. The van der Waals surface area contributed by atoms with Gasteiger partial charge in [-0.3, -0.25) is 0 Å². The smallest absolute Gasteiger partial charge is 0.238 e. The van der Waals surface area contributed by atoms with E-state index in [1.807, 2.05) is 0 Å². The zero-order chi connectivity index (χ0) is 9.19. The van der Waals surface area contributed by atoms with Gasteiger partial charge in [0.25, 0.3) is 0 Å². The first-order valence-corrected chi connectivity index (χ1v) is 4.75. The maximum absolute atomic E-state index is 10.8. The van der Waals surface area contributed by atoms with Gasteiger partial charge in [0.1, 0.15) is 5.75 Å². The predicted molar refractivity (Wildman–Crippen MR) is 50.1 cm³/mol.